The van der Waals surface area contributed by atoms with Crippen LogP contribution in [0.4, 0.5) is 5.00 Å². The maximum absolute atomic E-state index is 12.2. The summed E-state index contributed by atoms with van der Waals surface area (Å²) in [5.41, 5.74) is 6.72. The van der Waals surface area contributed by atoms with Crippen molar-refractivity contribution in [3.05, 3.63) is 40.2 Å². The van der Waals surface area contributed by atoms with Gasteiger partial charge in [0.05, 0.1) is 11.8 Å². The van der Waals surface area contributed by atoms with Gasteiger partial charge in [0, 0.05) is 18.0 Å². The summed E-state index contributed by atoms with van der Waals surface area (Å²) in [5, 5.41) is 5.96. The summed E-state index contributed by atoms with van der Waals surface area (Å²) >= 11 is 1.36. The van der Waals surface area contributed by atoms with E-state index < -0.39 is 0 Å². The van der Waals surface area contributed by atoms with Gasteiger partial charge in [-0.15, -0.1) is 11.3 Å². The maximum atomic E-state index is 12.2. The first-order valence-corrected chi connectivity index (χ1v) is 7.29. The van der Waals surface area contributed by atoms with Crippen LogP contribution in [0.3, 0.4) is 0 Å². The predicted molar refractivity (Wildman–Crippen MR) is 81.8 cm³/mol. The van der Waals surface area contributed by atoms with Gasteiger partial charge < -0.3 is 20.8 Å². The highest BCUT2D eigenvalue weighted by molar-refractivity contribution is 7.16. The zero-order valence-electron chi connectivity index (χ0n) is 11.9. The summed E-state index contributed by atoms with van der Waals surface area (Å²) in [6, 6.07) is 3.20. The van der Waals surface area contributed by atoms with Crippen LogP contribution in [0.5, 0.6) is 0 Å². The molecule has 2 heterocycles. The first kappa shape index (κ1) is 15.3. The van der Waals surface area contributed by atoms with Crippen LogP contribution in [0.15, 0.2) is 22.8 Å². The second kappa shape index (κ2) is 6.55. The summed E-state index contributed by atoms with van der Waals surface area (Å²) in [4.78, 5) is 25.2. The Labute approximate surface area is 126 Å². The summed E-state index contributed by atoms with van der Waals surface area (Å²) in [6.07, 6.45) is 1.43. The number of hydrogen-bond acceptors (Lipinski definition) is 5. The summed E-state index contributed by atoms with van der Waals surface area (Å²) < 4.78 is 5.05. The average Bonchev–Trinajstić information content (AvgIpc) is 3.06. The first-order chi connectivity index (χ1) is 10.0. The van der Waals surface area contributed by atoms with E-state index in [4.69, 9.17) is 10.2 Å². The lowest BCUT2D eigenvalue weighted by atomic mass is 10.1. The van der Waals surface area contributed by atoms with Crippen molar-refractivity contribution in [2.24, 2.45) is 5.73 Å². The zero-order chi connectivity index (χ0) is 15.4. The molecule has 0 aliphatic rings. The zero-order valence-corrected chi connectivity index (χ0v) is 12.7. The van der Waals surface area contributed by atoms with Crippen LogP contribution in [-0.2, 0) is 0 Å². The van der Waals surface area contributed by atoms with Gasteiger partial charge in [-0.2, -0.15) is 0 Å². The summed E-state index contributed by atoms with van der Waals surface area (Å²) in [6.45, 7) is 4.51. The molecule has 0 aliphatic carbocycles. The SMILES string of the molecule is Cc1sc(NC(=O)c2ccco2)c(C(=O)NCCN)c1C. The fourth-order valence-corrected chi connectivity index (χ4v) is 2.89. The maximum Gasteiger partial charge on any atom is 0.291 e. The van der Waals surface area contributed by atoms with Crippen molar-refractivity contribution in [1.82, 2.24) is 5.32 Å². The largest absolute Gasteiger partial charge is 0.459 e. The quantitative estimate of drug-likeness (QED) is 0.786. The fourth-order valence-electron chi connectivity index (χ4n) is 1.83. The molecule has 6 nitrogen and oxygen atoms in total. The number of anilines is 1. The van der Waals surface area contributed by atoms with Crippen molar-refractivity contribution in [2.45, 2.75) is 13.8 Å². The van der Waals surface area contributed by atoms with E-state index >= 15 is 0 Å². The van der Waals surface area contributed by atoms with Gasteiger partial charge in [0.25, 0.3) is 11.8 Å². The van der Waals surface area contributed by atoms with Crippen LogP contribution in [0, 0.1) is 13.8 Å². The van der Waals surface area contributed by atoms with E-state index in [2.05, 4.69) is 10.6 Å². The van der Waals surface area contributed by atoms with Crippen LogP contribution in [-0.4, -0.2) is 24.9 Å². The molecule has 7 heteroatoms. The van der Waals surface area contributed by atoms with Crippen molar-refractivity contribution in [3.8, 4) is 0 Å². The molecular formula is C14H17N3O3S. The Morgan fingerprint density at radius 2 is 2.10 bits per heavy atom. The van der Waals surface area contributed by atoms with Gasteiger partial charge in [0.2, 0.25) is 0 Å². The van der Waals surface area contributed by atoms with E-state index in [1.807, 2.05) is 13.8 Å². The molecule has 0 aliphatic heterocycles. The third kappa shape index (κ3) is 3.32. The monoisotopic (exact) mass is 307 g/mol. The molecule has 0 spiro atoms. The van der Waals surface area contributed by atoms with Gasteiger partial charge in [-0.05, 0) is 31.5 Å². The molecule has 0 fully saturated rings. The number of hydrogen-bond donors (Lipinski definition) is 3. The van der Waals surface area contributed by atoms with Gasteiger partial charge in [-0.25, -0.2) is 0 Å². The molecule has 2 aromatic rings. The molecule has 0 saturated carbocycles. The second-order valence-electron chi connectivity index (χ2n) is 4.46. The van der Waals surface area contributed by atoms with Gasteiger partial charge in [0.1, 0.15) is 5.00 Å². The second-order valence-corrected chi connectivity index (χ2v) is 5.69. The summed E-state index contributed by atoms with van der Waals surface area (Å²) in [5.74, 6) is -0.418. The molecule has 0 aromatic carbocycles. The lowest BCUT2D eigenvalue weighted by Crippen LogP contribution is -2.30. The highest BCUT2D eigenvalue weighted by atomic mass is 32.1. The minimum absolute atomic E-state index is 0.201. The molecule has 4 N–H and O–H groups in total. The number of aryl methyl sites for hydroxylation is 1. The van der Waals surface area contributed by atoms with Gasteiger partial charge >= 0.3 is 0 Å². The Morgan fingerprint density at radius 1 is 1.33 bits per heavy atom. The van der Waals surface area contributed by atoms with E-state index in [1.54, 1.807) is 12.1 Å². The van der Waals surface area contributed by atoms with Crippen LogP contribution >= 0.6 is 11.3 Å². The molecule has 0 atom stereocenters. The standard InChI is InChI=1S/C14H17N3O3S/c1-8-9(2)21-14(11(8)13(19)16-6-5-15)17-12(18)10-4-3-7-20-10/h3-4,7H,5-6,15H2,1-2H3,(H,16,19)(H,17,18). The number of furan rings is 1. The van der Waals surface area contributed by atoms with E-state index in [9.17, 15) is 9.59 Å². The predicted octanol–water partition coefficient (Wildman–Crippen LogP) is 1.90. The van der Waals surface area contributed by atoms with Crippen molar-refractivity contribution in [3.63, 3.8) is 0 Å². The highest BCUT2D eigenvalue weighted by Gasteiger charge is 2.21. The molecule has 2 aromatic heterocycles. The normalized spacial score (nSPS) is 10.4. The van der Waals surface area contributed by atoms with Crippen LogP contribution in [0.2, 0.25) is 0 Å². The fraction of sp³-hybridized carbons (Fsp3) is 0.286. The molecule has 2 amide bonds. The molecule has 2 rings (SSSR count). The Morgan fingerprint density at radius 3 is 2.71 bits per heavy atom. The van der Waals surface area contributed by atoms with Crippen molar-refractivity contribution >= 4 is 28.2 Å². The van der Waals surface area contributed by atoms with E-state index in [0.29, 0.717) is 23.7 Å². The number of rotatable bonds is 5. The Balaban J connectivity index is 2.25. The molecule has 112 valence electrons. The molecule has 0 saturated heterocycles. The van der Waals surface area contributed by atoms with Crippen LogP contribution in [0.1, 0.15) is 31.4 Å². The number of carbonyl (C=O) groups is 2. The number of nitrogens with two attached hydrogens (primary N) is 1. The molecule has 0 bridgehead atoms. The molecule has 21 heavy (non-hydrogen) atoms. The van der Waals surface area contributed by atoms with Crippen LogP contribution < -0.4 is 16.4 Å². The van der Waals surface area contributed by atoms with E-state index in [-0.39, 0.29) is 17.6 Å². The first-order valence-electron chi connectivity index (χ1n) is 6.47. The van der Waals surface area contributed by atoms with Crippen molar-refractivity contribution in [1.29, 1.82) is 0 Å². The van der Waals surface area contributed by atoms with Crippen molar-refractivity contribution < 1.29 is 14.0 Å². The van der Waals surface area contributed by atoms with E-state index in [0.717, 1.165) is 10.4 Å². The van der Waals surface area contributed by atoms with E-state index in [1.165, 1.54) is 17.6 Å². The van der Waals surface area contributed by atoms with Crippen LogP contribution in [0.25, 0.3) is 0 Å². The Bertz CT molecular complexity index is 647. The highest BCUT2D eigenvalue weighted by Crippen LogP contribution is 2.32. The Hall–Kier alpha value is -2.12. The Kier molecular flexibility index (Phi) is 4.77. The third-order valence-electron chi connectivity index (χ3n) is 3.01. The van der Waals surface area contributed by atoms with Gasteiger partial charge in [-0.1, -0.05) is 0 Å². The summed E-state index contributed by atoms with van der Waals surface area (Å²) in [7, 11) is 0. The minimum Gasteiger partial charge on any atom is -0.459 e. The third-order valence-corrected chi connectivity index (χ3v) is 4.14. The molecular weight excluding hydrogens is 290 g/mol. The molecule has 0 radical (unpaired) electrons. The van der Waals surface area contributed by atoms with Gasteiger partial charge in [0.15, 0.2) is 5.76 Å². The molecule has 0 unspecified atom stereocenters. The van der Waals surface area contributed by atoms with Crippen molar-refractivity contribution in [2.75, 3.05) is 18.4 Å². The number of carbonyl (C=O) groups excluding carboxylic acids is 2. The number of nitrogens with one attached hydrogen (secondary N) is 2. The number of thiophene rings is 1. The average molecular weight is 307 g/mol. The topological polar surface area (TPSA) is 97.4 Å². The van der Waals surface area contributed by atoms with Gasteiger partial charge in [-0.3, -0.25) is 9.59 Å². The lowest BCUT2D eigenvalue weighted by molar-refractivity contribution is 0.0955. The number of amides is 2. The lowest BCUT2D eigenvalue weighted by Gasteiger charge is -2.07. The minimum atomic E-state index is -0.380. The smallest absolute Gasteiger partial charge is 0.291 e.